The average Bonchev–Trinajstić information content (AvgIpc) is 2.61. The molecule has 1 fully saturated rings. The summed E-state index contributed by atoms with van der Waals surface area (Å²) in [5.74, 6) is 1.39. The first kappa shape index (κ1) is 12.3. The number of nitrogens with zero attached hydrogens (tertiary/aromatic N) is 2. The topological polar surface area (TPSA) is 37.8 Å². The molecule has 0 unspecified atom stereocenters. The summed E-state index contributed by atoms with van der Waals surface area (Å²) < 4.78 is 0. The van der Waals surface area contributed by atoms with Crippen LogP contribution in [0.3, 0.4) is 0 Å². The lowest BCUT2D eigenvalue weighted by molar-refractivity contribution is 0.457. The van der Waals surface area contributed by atoms with E-state index in [1.54, 1.807) is 6.33 Å². The molecule has 0 radical (unpaired) electrons. The van der Waals surface area contributed by atoms with Crippen molar-refractivity contribution in [2.24, 2.45) is 10.8 Å². The van der Waals surface area contributed by atoms with E-state index < -0.39 is 0 Å². The summed E-state index contributed by atoms with van der Waals surface area (Å²) in [5, 5.41) is 3.54. The Morgan fingerprint density at radius 3 is 2.18 bits per heavy atom. The maximum atomic E-state index is 4.31. The third kappa shape index (κ3) is 1.92. The van der Waals surface area contributed by atoms with Gasteiger partial charge in [-0.05, 0) is 16.7 Å². The standard InChI is InChI=1S/C14H23N3/c1-9(2)10-7-11(16-8-15-10)17-12-13(3,4)14(12,5)6/h7-9,12H,1-6H3,(H,15,16,17). The largest absolute Gasteiger partial charge is 0.366 e. The molecule has 1 N–H and O–H groups in total. The summed E-state index contributed by atoms with van der Waals surface area (Å²) in [6.45, 7) is 13.5. The molecule has 1 aliphatic carbocycles. The normalized spacial score (nSPS) is 21.6. The average molecular weight is 233 g/mol. The Labute approximate surface area is 104 Å². The third-order valence-corrected chi connectivity index (χ3v) is 4.59. The molecule has 0 spiro atoms. The smallest absolute Gasteiger partial charge is 0.129 e. The van der Waals surface area contributed by atoms with Crippen molar-refractivity contribution in [1.82, 2.24) is 9.97 Å². The molecule has 1 heterocycles. The molecule has 0 aliphatic heterocycles. The minimum Gasteiger partial charge on any atom is -0.366 e. The monoisotopic (exact) mass is 233 g/mol. The number of rotatable bonds is 3. The molecule has 0 amide bonds. The third-order valence-electron chi connectivity index (χ3n) is 4.59. The van der Waals surface area contributed by atoms with Gasteiger partial charge >= 0.3 is 0 Å². The van der Waals surface area contributed by atoms with Crippen LogP contribution in [0, 0.1) is 10.8 Å². The first-order valence-electron chi connectivity index (χ1n) is 6.35. The van der Waals surface area contributed by atoms with Crippen molar-refractivity contribution < 1.29 is 0 Å². The lowest BCUT2D eigenvalue weighted by Gasteiger charge is -2.09. The second kappa shape index (κ2) is 3.69. The second-order valence-corrected chi connectivity index (χ2v) is 6.50. The number of anilines is 1. The zero-order chi connectivity index (χ0) is 12.8. The molecule has 1 aromatic heterocycles. The molecular weight excluding hydrogens is 210 g/mol. The molecule has 17 heavy (non-hydrogen) atoms. The van der Waals surface area contributed by atoms with Crippen LogP contribution in [0.15, 0.2) is 12.4 Å². The fraction of sp³-hybridized carbons (Fsp3) is 0.714. The van der Waals surface area contributed by atoms with Crippen LogP contribution in [-0.4, -0.2) is 16.0 Å². The maximum Gasteiger partial charge on any atom is 0.129 e. The van der Waals surface area contributed by atoms with Gasteiger partial charge in [0.25, 0.3) is 0 Å². The van der Waals surface area contributed by atoms with Crippen molar-refractivity contribution in [2.45, 2.75) is 53.5 Å². The quantitative estimate of drug-likeness (QED) is 0.869. The summed E-state index contributed by atoms with van der Waals surface area (Å²) >= 11 is 0. The number of aromatic nitrogens is 2. The summed E-state index contributed by atoms with van der Waals surface area (Å²) in [6.07, 6.45) is 1.65. The molecule has 0 bridgehead atoms. The van der Waals surface area contributed by atoms with Gasteiger partial charge in [-0.3, -0.25) is 0 Å². The molecule has 3 nitrogen and oxygen atoms in total. The van der Waals surface area contributed by atoms with E-state index in [0.29, 0.717) is 22.8 Å². The van der Waals surface area contributed by atoms with Crippen molar-refractivity contribution in [3.05, 3.63) is 18.1 Å². The Kier molecular flexibility index (Phi) is 2.68. The molecule has 2 rings (SSSR count). The number of hydrogen-bond donors (Lipinski definition) is 1. The molecule has 3 heteroatoms. The molecule has 1 aromatic rings. The Balaban J connectivity index is 2.14. The van der Waals surface area contributed by atoms with Crippen molar-refractivity contribution in [1.29, 1.82) is 0 Å². The van der Waals surface area contributed by atoms with E-state index in [0.717, 1.165) is 11.5 Å². The van der Waals surface area contributed by atoms with Crippen molar-refractivity contribution in [3.8, 4) is 0 Å². The van der Waals surface area contributed by atoms with Crippen LogP contribution in [0.1, 0.15) is 53.2 Å². The van der Waals surface area contributed by atoms with E-state index in [1.165, 1.54) is 0 Å². The van der Waals surface area contributed by atoms with Gasteiger partial charge in [0.1, 0.15) is 12.1 Å². The number of hydrogen-bond acceptors (Lipinski definition) is 3. The molecule has 0 atom stereocenters. The van der Waals surface area contributed by atoms with Crippen LogP contribution in [-0.2, 0) is 0 Å². The van der Waals surface area contributed by atoms with Gasteiger partial charge in [0.15, 0.2) is 0 Å². The fourth-order valence-electron chi connectivity index (χ4n) is 2.47. The van der Waals surface area contributed by atoms with E-state index in [1.807, 2.05) is 0 Å². The predicted molar refractivity (Wildman–Crippen MR) is 71.1 cm³/mol. The minimum atomic E-state index is 0.329. The summed E-state index contributed by atoms with van der Waals surface area (Å²) in [4.78, 5) is 8.60. The molecular formula is C14H23N3. The van der Waals surface area contributed by atoms with E-state index in [2.05, 4.69) is 62.9 Å². The van der Waals surface area contributed by atoms with Gasteiger partial charge in [-0.2, -0.15) is 0 Å². The minimum absolute atomic E-state index is 0.329. The first-order chi connectivity index (χ1) is 7.76. The van der Waals surface area contributed by atoms with Crippen LogP contribution >= 0.6 is 0 Å². The first-order valence-corrected chi connectivity index (χ1v) is 6.35. The van der Waals surface area contributed by atoms with Crippen LogP contribution in [0.25, 0.3) is 0 Å². The van der Waals surface area contributed by atoms with Gasteiger partial charge in [-0.25, -0.2) is 9.97 Å². The van der Waals surface area contributed by atoms with Gasteiger partial charge in [-0.15, -0.1) is 0 Å². The van der Waals surface area contributed by atoms with Crippen LogP contribution < -0.4 is 5.32 Å². The predicted octanol–water partition coefficient (Wildman–Crippen LogP) is 3.45. The molecule has 1 aliphatic rings. The SMILES string of the molecule is CC(C)c1cc(NC2C(C)(C)C2(C)C)ncn1. The van der Waals surface area contributed by atoms with E-state index in [-0.39, 0.29) is 0 Å². The highest BCUT2D eigenvalue weighted by molar-refractivity contribution is 5.42. The summed E-state index contributed by atoms with van der Waals surface area (Å²) in [5.41, 5.74) is 1.75. The summed E-state index contributed by atoms with van der Waals surface area (Å²) in [6, 6.07) is 2.56. The molecule has 0 aromatic carbocycles. The molecule has 0 saturated heterocycles. The maximum absolute atomic E-state index is 4.31. The zero-order valence-electron chi connectivity index (χ0n) is 11.7. The lowest BCUT2D eigenvalue weighted by Crippen LogP contribution is -2.12. The van der Waals surface area contributed by atoms with Gasteiger partial charge in [0.2, 0.25) is 0 Å². The van der Waals surface area contributed by atoms with Crippen molar-refractivity contribution in [2.75, 3.05) is 5.32 Å². The Bertz CT molecular complexity index is 407. The number of nitrogens with one attached hydrogen (secondary N) is 1. The fourth-order valence-corrected chi connectivity index (χ4v) is 2.47. The Morgan fingerprint density at radius 2 is 1.71 bits per heavy atom. The van der Waals surface area contributed by atoms with Crippen molar-refractivity contribution in [3.63, 3.8) is 0 Å². The van der Waals surface area contributed by atoms with Gasteiger partial charge < -0.3 is 5.32 Å². The van der Waals surface area contributed by atoms with Gasteiger partial charge in [-0.1, -0.05) is 41.5 Å². The van der Waals surface area contributed by atoms with E-state index in [4.69, 9.17) is 0 Å². The van der Waals surface area contributed by atoms with Crippen LogP contribution in [0.5, 0.6) is 0 Å². The van der Waals surface area contributed by atoms with Gasteiger partial charge in [0, 0.05) is 17.8 Å². The van der Waals surface area contributed by atoms with E-state index in [9.17, 15) is 0 Å². The highest BCUT2D eigenvalue weighted by Gasteiger charge is 2.65. The highest BCUT2D eigenvalue weighted by Crippen LogP contribution is 2.63. The summed E-state index contributed by atoms with van der Waals surface area (Å²) in [7, 11) is 0. The van der Waals surface area contributed by atoms with Crippen molar-refractivity contribution >= 4 is 5.82 Å². The zero-order valence-corrected chi connectivity index (χ0v) is 11.7. The Hall–Kier alpha value is -1.12. The van der Waals surface area contributed by atoms with Crippen LogP contribution in [0.4, 0.5) is 5.82 Å². The van der Waals surface area contributed by atoms with Gasteiger partial charge in [0.05, 0.1) is 0 Å². The van der Waals surface area contributed by atoms with Crippen LogP contribution in [0.2, 0.25) is 0 Å². The van der Waals surface area contributed by atoms with E-state index >= 15 is 0 Å². The second-order valence-electron chi connectivity index (χ2n) is 6.50. The Morgan fingerprint density at radius 1 is 1.12 bits per heavy atom. The highest BCUT2D eigenvalue weighted by atomic mass is 15.1. The lowest BCUT2D eigenvalue weighted by atomic mass is 10.0. The molecule has 1 saturated carbocycles. The molecule has 94 valence electrons.